The number of hydrogen-bond acceptors (Lipinski definition) is 3. The van der Waals surface area contributed by atoms with Crippen LogP contribution in [0.25, 0.3) is 0 Å². The fourth-order valence-electron chi connectivity index (χ4n) is 3.06. The standard InChI is InChI=1S/C16H21FO3/c1-15(2)9-10(16(3,4)20-15)14(18)13-11(17)7-6-8-12(13)19-5/h6-8,10H,9H2,1-5H3. The summed E-state index contributed by atoms with van der Waals surface area (Å²) in [6.07, 6.45) is 0.566. The molecule has 1 aromatic carbocycles. The first kappa shape index (κ1) is 15.0. The van der Waals surface area contributed by atoms with Gasteiger partial charge in [0.15, 0.2) is 5.78 Å². The number of rotatable bonds is 3. The smallest absolute Gasteiger partial charge is 0.175 e. The van der Waals surface area contributed by atoms with E-state index in [0.29, 0.717) is 6.42 Å². The second kappa shape index (κ2) is 4.85. The predicted octanol–water partition coefficient (Wildman–Crippen LogP) is 3.61. The Morgan fingerprint density at radius 3 is 2.50 bits per heavy atom. The second-order valence-electron chi connectivity index (χ2n) is 6.40. The summed E-state index contributed by atoms with van der Waals surface area (Å²) < 4.78 is 25.1. The van der Waals surface area contributed by atoms with Gasteiger partial charge in [-0.2, -0.15) is 0 Å². The molecular formula is C16H21FO3. The molecule has 0 N–H and O–H groups in total. The first-order valence-electron chi connectivity index (χ1n) is 6.75. The normalized spacial score (nSPS) is 23.6. The molecule has 1 aliphatic rings. The topological polar surface area (TPSA) is 35.5 Å². The van der Waals surface area contributed by atoms with Crippen LogP contribution in [-0.4, -0.2) is 24.1 Å². The van der Waals surface area contributed by atoms with Crippen molar-refractivity contribution in [2.24, 2.45) is 5.92 Å². The molecule has 1 aromatic rings. The van der Waals surface area contributed by atoms with Gasteiger partial charge in [-0.05, 0) is 46.2 Å². The number of methoxy groups -OCH3 is 1. The zero-order chi connectivity index (χ0) is 15.1. The third-order valence-electron chi connectivity index (χ3n) is 3.83. The third-order valence-corrected chi connectivity index (χ3v) is 3.83. The molecule has 1 fully saturated rings. The van der Waals surface area contributed by atoms with Crippen molar-refractivity contribution in [3.8, 4) is 5.75 Å². The van der Waals surface area contributed by atoms with E-state index in [9.17, 15) is 9.18 Å². The van der Waals surface area contributed by atoms with Crippen molar-refractivity contribution < 1.29 is 18.7 Å². The number of carbonyl (C=O) groups is 1. The number of ether oxygens (including phenoxy) is 2. The maximum Gasteiger partial charge on any atom is 0.175 e. The molecule has 1 unspecified atom stereocenters. The van der Waals surface area contributed by atoms with Gasteiger partial charge < -0.3 is 9.47 Å². The Morgan fingerprint density at radius 1 is 1.35 bits per heavy atom. The first-order valence-corrected chi connectivity index (χ1v) is 6.75. The molecule has 0 radical (unpaired) electrons. The third kappa shape index (κ3) is 2.57. The molecule has 4 heteroatoms. The van der Waals surface area contributed by atoms with Crippen LogP contribution in [0.4, 0.5) is 4.39 Å². The lowest BCUT2D eigenvalue weighted by Crippen LogP contribution is -2.34. The summed E-state index contributed by atoms with van der Waals surface area (Å²) in [7, 11) is 1.44. The van der Waals surface area contributed by atoms with Crippen molar-refractivity contribution in [3.05, 3.63) is 29.6 Å². The van der Waals surface area contributed by atoms with Gasteiger partial charge in [-0.25, -0.2) is 4.39 Å². The van der Waals surface area contributed by atoms with Gasteiger partial charge in [0.05, 0.1) is 29.8 Å². The van der Waals surface area contributed by atoms with Gasteiger partial charge in [0.25, 0.3) is 0 Å². The highest BCUT2D eigenvalue weighted by Crippen LogP contribution is 2.44. The molecule has 2 rings (SSSR count). The molecule has 0 amide bonds. The van der Waals surface area contributed by atoms with Crippen LogP contribution < -0.4 is 4.74 Å². The van der Waals surface area contributed by atoms with Crippen molar-refractivity contribution in [3.63, 3.8) is 0 Å². The van der Waals surface area contributed by atoms with E-state index in [0.717, 1.165) is 0 Å². The van der Waals surface area contributed by atoms with Gasteiger partial charge >= 0.3 is 0 Å². The fraction of sp³-hybridized carbons (Fsp3) is 0.562. The molecule has 20 heavy (non-hydrogen) atoms. The maximum absolute atomic E-state index is 14.0. The fourth-order valence-corrected chi connectivity index (χ4v) is 3.06. The summed E-state index contributed by atoms with van der Waals surface area (Å²) >= 11 is 0. The molecule has 0 spiro atoms. The Morgan fingerprint density at radius 2 is 2.00 bits per heavy atom. The first-order chi connectivity index (χ1) is 9.18. The van der Waals surface area contributed by atoms with E-state index < -0.39 is 11.4 Å². The average molecular weight is 280 g/mol. The van der Waals surface area contributed by atoms with Crippen LogP contribution in [0.15, 0.2) is 18.2 Å². The summed E-state index contributed by atoms with van der Waals surface area (Å²) in [6.45, 7) is 7.64. The van der Waals surface area contributed by atoms with E-state index in [1.807, 2.05) is 27.7 Å². The SMILES string of the molecule is COc1cccc(F)c1C(=O)C1CC(C)(C)OC1(C)C. The number of Topliss-reactive ketones (excluding diaryl/α,β-unsaturated/α-hetero) is 1. The van der Waals surface area contributed by atoms with Crippen LogP contribution in [0.1, 0.15) is 44.5 Å². The van der Waals surface area contributed by atoms with Gasteiger partial charge in [-0.1, -0.05) is 6.07 Å². The number of benzene rings is 1. The van der Waals surface area contributed by atoms with Crippen molar-refractivity contribution in [1.82, 2.24) is 0 Å². The number of ketones is 1. The van der Waals surface area contributed by atoms with E-state index in [4.69, 9.17) is 9.47 Å². The van der Waals surface area contributed by atoms with Gasteiger partial charge in [0.1, 0.15) is 11.6 Å². The second-order valence-corrected chi connectivity index (χ2v) is 6.40. The zero-order valence-electron chi connectivity index (χ0n) is 12.6. The van der Waals surface area contributed by atoms with Crippen LogP contribution in [0.3, 0.4) is 0 Å². The summed E-state index contributed by atoms with van der Waals surface area (Å²) in [4.78, 5) is 12.8. The lowest BCUT2D eigenvalue weighted by atomic mass is 9.81. The molecule has 0 aromatic heterocycles. The summed E-state index contributed by atoms with van der Waals surface area (Å²) in [5.74, 6) is -0.913. The van der Waals surface area contributed by atoms with Crippen molar-refractivity contribution in [1.29, 1.82) is 0 Å². The van der Waals surface area contributed by atoms with E-state index in [1.165, 1.54) is 19.2 Å². The lowest BCUT2D eigenvalue weighted by Gasteiger charge is -2.27. The maximum atomic E-state index is 14.0. The number of carbonyl (C=O) groups excluding carboxylic acids is 1. The Kier molecular flexibility index (Phi) is 3.63. The largest absolute Gasteiger partial charge is 0.496 e. The predicted molar refractivity (Wildman–Crippen MR) is 74.6 cm³/mol. The molecule has 1 atom stereocenters. The minimum Gasteiger partial charge on any atom is -0.496 e. The highest BCUT2D eigenvalue weighted by molar-refractivity contribution is 6.01. The van der Waals surface area contributed by atoms with E-state index in [-0.39, 0.29) is 28.6 Å². The van der Waals surface area contributed by atoms with Crippen LogP contribution in [0, 0.1) is 11.7 Å². The molecule has 1 aliphatic heterocycles. The van der Waals surface area contributed by atoms with Crippen LogP contribution in [0.5, 0.6) is 5.75 Å². The highest BCUT2D eigenvalue weighted by Gasteiger charge is 2.50. The van der Waals surface area contributed by atoms with Gasteiger partial charge in [0.2, 0.25) is 0 Å². The number of hydrogen-bond donors (Lipinski definition) is 0. The van der Waals surface area contributed by atoms with Gasteiger partial charge in [-0.3, -0.25) is 4.79 Å². The van der Waals surface area contributed by atoms with Crippen molar-refractivity contribution in [2.75, 3.05) is 7.11 Å². The van der Waals surface area contributed by atoms with Crippen molar-refractivity contribution in [2.45, 2.75) is 45.3 Å². The molecule has 1 heterocycles. The Balaban J connectivity index is 2.43. The summed E-state index contributed by atoms with van der Waals surface area (Å²) in [5, 5.41) is 0. The molecule has 1 saturated heterocycles. The monoisotopic (exact) mass is 280 g/mol. The van der Waals surface area contributed by atoms with Crippen LogP contribution in [-0.2, 0) is 4.74 Å². The van der Waals surface area contributed by atoms with E-state index in [2.05, 4.69) is 0 Å². The summed E-state index contributed by atoms with van der Waals surface area (Å²) in [6, 6.07) is 4.42. The van der Waals surface area contributed by atoms with Gasteiger partial charge in [-0.15, -0.1) is 0 Å². The number of halogens is 1. The Bertz CT molecular complexity index is 535. The minimum absolute atomic E-state index is 0.0226. The average Bonchev–Trinajstić information content (AvgIpc) is 2.56. The van der Waals surface area contributed by atoms with E-state index in [1.54, 1.807) is 6.07 Å². The van der Waals surface area contributed by atoms with Crippen molar-refractivity contribution >= 4 is 5.78 Å². The highest BCUT2D eigenvalue weighted by atomic mass is 19.1. The van der Waals surface area contributed by atoms with Crippen LogP contribution in [0.2, 0.25) is 0 Å². The molecule has 0 bridgehead atoms. The molecule has 3 nitrogen and oxygen atoms in total. The zero-order valence-corrected chi connectivity index (χ0v) is 12.6. The van der Waals surface area contributed by atoms with Gasteiger partial charge in [0, 0.05) is 0 Å². The quantitative estimate of drug-likeness (QED) is 0.793. The van der Waals surface area contributed by atoms with Crippen LogP contribution >= 0.6 is 0 Å². The molecule has 0 aliphatic carbocycles. The molecule has 110 valence electrons. The Hall–Kier alpha value is -1.42. The molecular weight excluding hydrogens is 259 g/mol. The molecule has 0 saturated carbocycles. The minimum atomic E-state index is -0.617. The van der Waals surface area contributed by atoms with E-state index >= 15 is 0 Å². The summed E-state index contributed by atoms with van der Waals surface area (Å²) in [5.41, 5.74) is -0.981. The lowest BCUT2D eigenvalue weighted by molar-refractivity contribution is -0.0712. The Labute approximate surface area is 119 Å².